The molecular weight excluding hydrogens is 286 g/mol. The van der Waals surface area contributed by atoms with Crippen molar-refractivity contribution in [3.63, 3.8) is 0 Å². The molecule has 2 rings (SSSR count). The summed E-state index contributed by atoms with van der Waals surface area (Å²) < 4.78 is 5.46. The summed E-state index contributed by atoms with van der Waals surface area (Å²) in [4.78, 5) is 24.0. The second kappa shape index (κ2) is 7.74. The molecular formula is C15H21N3O4. The third-order valence-electron chi connectivity index (χ3n) is 3.72. The summed E-state index contributed by atoms with van der Waals surface area (Å²) >= 11 is 0. The molecule has 1 aliphatic heterocycles. The largest absolute Gasteiger partial charge is 0.493 e. The van der Waals surface area contributed by atoms with Crippen LogP contribution in [0.3, 0.4) is 0 Å². The first-order valence-corrected chi connectivity index (χ1v) is 7.47. The zero-order chi connectivity index (χ0) is 15.9. The van der Waals surface area contributed by atoms with E-state index in [-0.39, 0.29) is 17.6 Å². The lowest BCUT2D eigenvalue weighted by Gasteiger charge is -2.30. The number of ether oxygens (including phenoxy) is 1. The van der Waals surface area contributed by atoms with Gasteiger partial charge in [0.25, 0.3) is 5.69 Å². The van der Waals surface area contributed by atoms with Crippen molar-refractivity contribution in [3.8, 4) is 5.75 Å². The van der Waals surface area contributed by atoms with Gasteiger partial charge in [-0.1, -0.05) is 6.07 Å². The number of hydrogen-bond donors (Lipinski definition) is 1. The Kier molecular flexibility index (Phi) is 5.71. The Morgan fingerprint density at radius 2 is 2.14 bits per heavy atom. The molecule has 0 saturated carbocycles. The van der Waals surface area contributed by atoms with E-state index >= 15 is 0 Å². The maximum atomic E-state index is 12.0. The Balaban J connectivity index is 1.69. The minimum Gasteiger partial charge on any atom is -0.493 e. The van der Waals surface area contributed by atoms with Crippen LogP contribution < -0.4 is 10.5 Å². The summed E-state index contributed by atoms with van der Waals surface area (Å²) in [5, 5.41) is 10.7. The van der Waals surface area contributed by atoms with Crippen LogP contribution in [-0.4, -0.2) is 41.5 Å². The zero-order valence-electron chi connectivity index (χ0n) is 12.4. The third kappa shape index (κ3) is 4.70. The number of carbonyl (C=O) groups excluding carboxylic acids is 1. The van der Waals surface area contributed by atoms with Crippen molar-refractivity contribution in [2.24, 2.45) is 5.73 Å². The Hall–Kier alpha value is -2.15. The number of benzene rings is 1. The highest BCUT2D eigenvalue weighted by Gasteiger charge is 2.19. The standard InChI is InChI=1S/C15H21N3O4/c16-12-6-8-17(9-7-12)15(19)5-2-10-22-14-4-1-3-13(11-14)18(20)21/h1,3-4,11-12H,2,5-10,16H2. The molecule has 1 amide bonds. The average Bonchev–Trinajstić information content (AvgIpc) is 2.52. The normalized spacial score (nSPS) is 15.6. The lowest BCUT2D eigenvalue weighted by Crippen LogP contribution is -2.42. The van der Waals surface area contributed by atoms with Crippen LogP contribution in [0.25, 0.3) is 0 Å². The highest BCUT2D eigenvalue weighted by molar-refractivity contribution is 5.76. The predicted octanol–water partition coefficient (Wildman–Crippen LogP) is 1.70. The van der Waals surface area contributed by atoms with E-state index in [4.69, 9.17) is 10.5 Å². The van der Waals surface area contributed by atoms with Gasteiger partial charge in [-0.2, -0.15) is 0 Å². The number of hydrogen-bond acceptors (Lipinski definition) is 5. The molecule has 0 unspecified atom stereocenters. The van der Waals surface area contributed by atoms with Crippen LogP contribution in [0.2, 0.25) is 0 Å². The van der Waals surface area contributed by atoms with Crippen molar-refractivity contribution in [2.75, 3.05) is 19.7 Å². The monoisotopic (exact) mass is 307 g/mol. The third-order valence-corrected chi connectivity index (χ3v) is 3.72. The number of amides is 1. The summed E-state index contributed by atoms with van der Waals surface area (Å²) in [5.74, 6) is 0.570. The predicted molar refractivity (Wildman–Crippen MR) is 81.6 cm³/mol. The van der Waals surface area contributed by atoms with Crippen molar-refractivity contribution in [1.82, 2.24) is 4.90 Å². The first-order valence-electron chi connectivity index (χ1n) is 7.47. The lowest BCUT2D eigenvalue weighted by molar-refractivity contribution is -0.384. The first kappa shape index (κ1) is 16.2. The molecule has 0 atom stereocenters. The number of likely N-dealkylation sites (tertiary alicyclic amines) is 1. The summed E-state index contributed by atoms with van der Waals surface area (Å²) in [6.45, 7) is 1.82. The molecule has 1 aromatic rings. The van der Waals surface area contributed by atoms with Gasteiger partial charge in [0.05, 0.1) is 17.6 Å². The molecule has 0 aliphatic carbocycles. The summed E-state index contributed by atoms with van der Waals surface area (Å²) in [6, 6.07) is 6.25. The molecule has 0 aromatic heterocycles. The van der Waals surface area contributed by atoms with E-state index in [9.17, 15) is 14.9 Å². The van der Waals surface area contributed by atoms with Crippen molar-refractivity contribution in [3.05, 3.63) is 34.4 Å². The molecule has 7 heteroatoms. The Morgan fingerprint density at radius 1 is 1.41 bits per heavy atom. The van der Waals surface area contributed by atoms with E-state index in [2.05, 4.69) is 0 Å². The fourth-order valence-electron chi connectivity index (χ4n) is 2.41. The van der Waals surface area contributed by atoms with Crippen molar-refractivity contribution < 1.29 is 14.5 Å². The highest BCUT2D eigenvalue weighted by atomic mass is 16.6. The van der Waals surface area contributed by atoms with Gasteiger partial charge in [0.1, 0.15) is 5.75 Å². The lowest BCUT2D eigenvalue weighted by atomic mass is 10.1. The highest BCUT2D eigenvalue weighted by Crippen LogP contribution is 2.19. The van der Waals surface area contributed by atoms with Gasteiger partial charge in [-0.05, 0) is 25.3 Å². The molecule has 1 fully saturated rings. The minimum atomic E-state index is -0.461. The van der Waals surface area contributed by atoms with E-state index in [1.54, 1.807) is 12.1 Å². The van der Waals surface area contributed by atoms with Gasteiger partial charge in [0.2, 0.25) is 5.91 Å². The molecule has 7 nitrogen and oxygen atoms in total. The average molecular weight is 307 g/mol. The molecule has 2 N–H and O–H groups in total. The van der Waals surface area contributed by atoms with E-state index in [0.29, 0.717) is 25.2 Å². The van der Waals surface area contributed by atoms with Crippen LogP contribution in [0.4, 0.5) is 5.69 Å². The fraction of sp³-hybridized carbons (Fsp3) is 0.533. The minimum absolute atomic E-state index is 0.00164. The van der Waals surface area contributed by atoms with Gasteiger partial charge in [-0.3, -0.25) is 14.9 Å². The Labute approximate surface area is 129 Å². The maximum absolute atomic E-state index is 12.0. The van der Waals surface area contributed by atoms with Crippen molar-refractivity contribution >= 4 is 11.6 Å². The molecule has 1 aliphatic rings. The van der Waals surface area contributed by atoms with Gasteiger partial charge in [0, 0.05) is 31.6 Å². The molecule has 1 saturated heterocycles. The number of nitro benzene ring substituents is 1. The second-order valence-electron chi connectivity index (χ2n) is 5.42. The molecule has 0 bridgehead atoms. The summed E-state index contributed by atoms with van der Waals surface area (Å²) in [7, 11) is 0. The summed E-state index contributed by atoms with van der Waals surface area (Å²) in [6.07, 6.45) is 2.72. The topological polar surface area (TPSA) is 98.7 Å². The van der Waals surface area contributed by atoms with Crippen LogP contribution in [0, 0.1) is 10.1 Å². The van der Waals surface area contributed by atoms with Gasteiger partial charge >= 0.3 is 0 Å². The van der Waals surface area contributed by atoms with Gasteiger partial charge < -0.3 is 15.4 Å². The van der Waals surface area contributed by atoms with E-state index < -0.39 is 4.92 Å². The molecule has 1 aromatic carbocycles. The number of nitro groups is 1. The van der Waals surface area contributed by atoms with Crippen molar-refractivity contribution in [2.45, 2.75) is 31.7 Å². The second-order valence-corrected chi connectivity index (χ2v) is 5.42. The van der Waals surface area contributed by atoms with Crippen LogP contribution in [-0.2, 0) is 4.79 Å². The van der Waals surface area contributed by atoms with E-state index in [0.717, 1.165) is 25.9 Å². The quantitative estimate of drug-likeness (QED) is 0.490. The molecule has 0 spiro atoms. The number of nitrogens with two attached hydrogens (primary N) is 1. The number of carbonyl (C=O) groups is 1. The molecule has 0 radical (unpaired) electrons. The Morgan fingerprint density at radius 3 is 2.82 bits per heavy atom. The fourth-order valence-corrected chi connectivity index (χ4v) is 2.41. The first-order chi connectivity index (χ1) is 10.6. The zero-order valence-corrected chi connectivity index (χ0v) is 12.4. The van der Waals surface area contributed by atoms with Crippen LogP contribution >= 0.6 is 0 Å². The van der Waals surface area contributed by atoms with Crippen LogP contribution in [0.5, 0.6) is 5.75 Å². The molecule has 22 heavy (non-hydrogen) atoms. The van der Waals surface area contributed by atoms with E-state index in [1.165, 1.54) is 12.1 Å². The van der Waals surface area contributed by atoms with E-state index in [1.807, 2.05) is 4.90 Å². The smallest absolute Gasteiger partial charge is 0.273 e. The van der Waals surface area contributed by atoms with Gasteiger partial charge in [0.15, 0.2) is 0 Å². The number of rotatable bonds is 6. The van der Waals surface area contributed by atoms with Crippen LogP contribution in [0.1, 0.15) is 25.7 Å². The SMILES string of the molecule is NC1CCN(C(=O)CCCOc2cccc([N+](=O)[O-])c2)CC1. The Bertz CT molecular complexity index is 527. The molecule has 120 valence electrons. The number of nitrogens with zero attached hydrogens (tertiary/aromatic N) is 2. The summed E-state index contributed by atoms with van der Waals surface area (Å²) in [5.41, 5.74) is 5.81. The number of piperidine rings is 1. The maximum Gasteiger partial charge on any atom is 0.273 e. The molecule has 1 heterocycles. The van der Waals surface area contributed by atoms with Gasteiger partial charge in [-0.15, -0.1) is 0 Å². The van der Waals surface area contributed by atoms with Crippen molar-refractivity contribution in [1.29, 1.82) is 0 Å². The number of non-ortho nitro benzene ring substituents is 1. The van der Waals surface area contributed by atoms with Crippen LogP contribution in [0.15, 0.2) is 24.3 Å². The van der Waals surface area contributed by atoms with Gasteiger partial charge in [-0.25, -0.2) is 0 Å².